The zero-order valence-corrected chi connectivity index (χ0v) is 12.3. The summed E-state index contributed by atoms with van der Waals surface area (Å²) in [7, 11) is -3.51. The standard InChI is InChI=1S/C13H19NO5S/c1-10(2)9-14-20(17,18)12-5-3-11(4-6-12)19-8-7-13(15)16/h3-6,10,14H,7-9H2,1-2H3,(H,15,16). The van der Waals surface area contributed by atoms with E-state index in [0.717, 1.165) is 0 Å². The molecule has 7 heteroatoms. The molecule has 1 rings (SSSR count). The Morgan fingerprint density at radius 1 is 1.30 bits per heavy atom. The van der Waals surface area contributed by atoms with Crippen molar-refractivity contribution in [1.29, 1.82) is 0 Å². The summed E-state index contributed by atoms with van der Waals surface area (Å²) in [4.78, 5) is 10.5. The molecule has 0 amide bonds. The predicted octanol–water partition coefficient (Wildman–Crippen LogP) is 1.47. The van der Waals surface area contributed by atoms with Crippen molar-refractivity contribution in [2.24, 2.45) is 5.92 Å². The summed E-state index contributed by atoms with van der Waals surface area (Å²) in [5.74, 6) is -0.278. The second-order valence-corrected chi connectivity index (χ2v) is 6.48. The average Bonchev–Trinajstić information content (AvgIpc) is 2.37. The van der Waals surface area contributed by atoms with Gasteiger partial charge in [0.2, 0.25) is 10.0 Å². The first-order valence-corrected chi connectivity index (χ1v) is 7.74. The van der Waals surface area contributed by atoms with Crippen LogP contribution in [0.5, 0.6) is 5.75 Å². The highest BCUT2D eigenvalue weighted by Gasteiger charge is 2.13. The third-order valence-electron chi connectivity index (χ3n) is 2.40. The van der Waals surface area contributed by atoms with E-state index in [2.05, 4.69) is 4.72 Å². The fraction of sp³-hybridized carbons (Fsp3) is 0.462. The van der Waals surface area contributed by atoms with Crippen LogP contribution in [-0.4, -0.2) is 32.6 Å². The van der Waals surface area contributed by atoms with Gasteiger partial charge in [-0.15, -0.1) is 0 Å². The Morgan fingerprint density at radius 2 is 1.90 bits per heavy atom. The molecule has 0 unspecified atom stereocenters. The number of carboxylic acid groups (broad SMARTS) is 1. The topological polar surface area (TPSA) is 92.7 Å². The van der Waals surface area contributed by atoms with Gasteiger partial charge < -0.3 is 9.84 Å². The Hall–Kier alpha value is -1.60. The summed E-state index contributed by atoms with van der Waals surface area (Å²) < 4.78 is 31.5. The summed E-state index contributed by atoms with van der Waals surface area (Å²) >= 11 is 0. The van der Waals surface area contributed by atoms with Crippen LogP contribution in [0.4, 0.5) is 0 Å². The van der Waals surface area contributed by atoms with Crippen LogP contribution in [-0.2, 0) is 14.8 Å². The van der Waals surface area contributed by atoms with E-state index >= 15 is 0 Å². The van der Waals surface area contributed by atoms with E-state index in [4.69, 9.17) is 9.84 Å². The molecule has 0 atom stereocenters. The van der Waals surface area contributed by atoms with Gasteiger partial charge in [-0.2, -0.15) is 0 Å². The lowest BCUT2D eigenvalue weighted by Gasteiger charge is -2.09. The van der Waals surface area contributed by atoms with Gasteiger partial charge >= 0.3 is 5.97 Å². The molecule has 0 aliphatic carbocycles. The highest BCUT2D eigenvalue weighted by molar-refractivity contribution is 7.89. The highest BCUT2D eigenvalue weighted by atomic mass is 32.2. The number of carboxylic acids is 1. The Morgan fingerprint density at radius 3 is 2.40 bits per heavy atom. The van der Waals surface area contributed by atoms with E-state index in [9.17, 15) is 13.2 Å². The molecule has 20 heavy (non-hydrogen) atoms. The molecule has 0 saturated carbocycles. The fourth-order valence-corrected chi connectivity index (χ4v) is 2.54. The lowest BCUT2D eigenvalue weighted by Crippen LogP contribution is -2.27. The molecule has 0 aromatic heterocycles. The van der Waals surface area contributed by atoms with E-state index in [0.29, 0.717) is 12.3 Å². The van der Waals surface area contributed by atoms with Gasteiger partial charge in [0.25, 0.3) is 0 Å². The second-order valence-electron chi connectivity index (χ2n) is 4.71. The molecule has 1 aromatic rings. The van der Waals surface area contributed by atoms with Crippen LogP contribution in [0.25, 0.3) is 0 Å². The number of hydrogen-bond acceptors (Lipinski definition) is 4. The SMILES string of the molecule is CC(C)CNS(=O)(=O)c1ccc(OCCC(=O)O)cc1. The summed E-state index contributed by atoms with van der Waals surface area (Å²) in [6.07, 6.45) is -0.101. The van der Waals surface area contributed by atoms with Crippen LogP contribution in [0.3, 0.4) is 0 Å². The number of benzene rings is 1. The third kappa shape index (κ3) is 5.58. The molecule has 0 heterocycles. The van der Waals surface area contributed by atoms with Crippen molar-refractivity contribution >= 4 is 16.0 Å². The molecule has 0 spiro atoms. The fourth-order valence-electron chi connectivity index (χ4n) is 1.33. The zero-order chi connectivity index (χ0) is 15.2. The second kappa shape index (κ2) is 7.25. The summed E-state index contributed by atoms with van der Waals surface area (Å²) in [5, 5.41) is 8.48. The summed E-state index contributed by atoms with van der Waals surface area (Å²) in [6, 6.07) is 5.87. The maximum absolute atomic E-state index is 11.9. The number of sulfonamides is 1. The Bertz CT molecular complexity index is 536. The van der Waals surface area contributed by atoms with Gasteiger partial charge in [-0.05, 0) is 30.2 Å². The van der Waals surface area contributed by atoms with Crippen LogP contribution in [0, 0.1) is 5.92 Å². The quantitative estimate of drug-likeness (QED) is 0.758. The molecule has 0 saturated heterocycles. The van der Waals surface area contributed by atoms with Crippen molar-refractivity contribution in [3.63, 3.8) is 0 Å². The van der Waals surface area contributed by atoms with E-state index in [1.54, 1.807) is 0 Å². The van der Waals surface area contributed by atoms with E-state index < -0.39 is 16.0 Å². The molecule has 0 radical (unpaired) electrons. The minimum absolute atomic E-state index is 0.0486. The van der Waals surface area contributed by atoms with Crippen LogP contribution < -0.4 is 9.46 Å². The molecule has 2 N–H and O–H groups in total. The first kappa shape index (κ1) is 16.5. The van der Waals surface area contributed by atoms with Crippen molar-refractivity contribution in [3.05, 3.63) is 24.3 Å². The lowest BCUT2D eigenvalue weighted by molar-refractivity contribution is -0.137. The Labute approximate surface area is 118 Å². The molecule has 1 aromatic carbocycles. The van der Waals surface area contributed by atoms with Gasteiger partial charge in [0, 0.05) is 6.54 Å². The Kier molecular flexibility index (Phi) is 5.97. The smallest absolute Gasteiger partial charge is 0.306 e. The minimum atomic E-state index is -3.51. The predicted molar refractivity (Wildman–Crippen MR) is 74.2 cm³/mol. The maximum Gasteiger partial charge on any atom is 0.306 e. The monoisotopic (exact) mass is 301 g/mol. The van der Waals surface area contributed by atoms with Crippen molar-refractivity contribution in [2.45, 2.75) is 25.2 Å². The van der Waals surface area contributed by atoms with Gasteiger partial charge in [0.15, 0.2) is 0 Å². The van der Waals surface area contributed by atoms with Gasteiger partial charge in [-0.25, -0.2) is 13.1 Å². The summed E-state index contributed by atoms with van der Waals surface area (Å²) in [5.41, 5.74) is 0. The van der Waals surface area contributed by atoms with Crippen LogP contribution in [0.2, 0.25) is 0 Å². The molecular formula is C13H19NO5S. The highest BCUT2D eigenvalue weighted by Crippen LogP contribution is 2.16. The molecule has 0 bridgehead atoms. The molecule has 112 valence electrons. The first-order chi connectivity index (χ1) is 9.31. The number of nitrogens with one attached hydrogen (secondary N) is 1. The number of ether oxygens (including phenoxy) is 1. The van der Waals surface area contributed by atoms with Gasteiger partial charge in [-0.3, -0.25) is 4.79 Å². The van der Waals surface area contributed by atoms with Gasteiger partial charge in [0.1, 0.15) is 5.75 Å². The molecule has 6 nitrogen and oxygen atoms in total. The number of aliphatic carboxylic acids is 1. The van der Waals surface area contributed by atoms with E-state index in [1.807, 2.05) is 13.8 Å². The van der Waals surface area contributed by atoms with Crippen LogP contribution in [0.1, 0.15) is 20.3 Å². The normalized spacial score (nSPS) is 11.6. The van der Waals surface area contributed by atoms with Gasteiger partial charge in [-0.1, -0.05) is 13.8 Å². The van der Waals surface area contributed by atoms with Crippen molar-refractivity contribution in [3.8, 4) is 5.75 Å². The van der Waals surface area contributed by atoms with E-state index in [-0.39, 0.29) is 23.8 Å². The largest absolute Gasteiger partial charge is 0.493 e. The number of carbonyl (C=O) groups is 1. The molecule has 0 aliphatic heterocycles. The molecular weight excluding hydrogens is 282 g/mol. The van der Waals surface area contributed by atoms with Crippen molar-refractivity contribution in [1.82, 2.24) is 4.72 Å². The zero-order valence-electron chi connectivity index (χ0n) is 11.5. The lowest BCUT2D eigenvalue weighted by atomic mass is 10.2. The van der Waals surface area contributed by atoms with E-state index in [1.165, 1.54) is 24.3 Å². The number of hydrogen-bond donors (Lipinski definition) is 2. The van der Waals surface area contributed by atoms with Crippen molar-refractivity contribution < 1.29 is 23.1 Å². The van der Waals surface area contributed by atoms with Crippen molar-refractivity contribution in [2.75, 3.05) is 13.2 Å². The van der Waals surface area contributed by atoms with Crippen LogP contribution >= 0.6 is 0 Å². The van der Waals surface area contributed by atoms with Crippen LogP contribution in [0.15, 0.2) is 29.2 Å². The summed E-state index contributed by atoms with van der Waals surface area (Å²) in [6.45, 7) is 4.26. The molecule has 0 aliphatic rings. The minimum Gasteiger partial charge on any atom is -0.493 e. The Balaban J connectivity index is 2.63. The molecule has 0 fully saturated rings. The average molecular weight is 301 g/mol. The number of rotatable bonds is 8. The maximum atomic E-state index is 11.9. The van der Waals surface area contributed by atoms with Gasteiger partial charge in [0.05, 0.1) is 17.9 Å². The third-order valence-corrected chi connectivity index (χ3v) is 3.84. The first-order valence-electron chi connectivity index (χ1n) is 6.25.